The number of nitrogens with zero attached hydrogens (tertiary/aromatic N) is 1. The average molecular weight is 476 g/mol. The Bertz CT molecular complexity index is 1210. The van der Waals surface area contributed by atoms with Crippen LogP contribution in [0.3, 0.4) is 0 Å². The summed E-state index contributed by atoms with van der Waals surface area (Å²) in [5.74, 6) is 0.0621. The maximum atomic E-state index is 13.1. The van der Waals surface area contributed by atoms with E-state index in [1.165, 1.54) is 4.90 Å². The van der Waals surface area contributed by atoms with Crippen molar-refractivity contribution in [3.63, 3.8) is 0 Å². The van der Waals surface area contributed by atoms with Crippen LogP contribution in [0.1, 0.15) is 25.3 Å². The van der Waals surface area contributed by atoms with Crippen LogP contribution in [0, 0.1) is 0 Å². The summed E-state index contributed by atoms with van der Waals surface area (Å²) in [5, 5.41) is 7.39. The fourth-order valence-corrected chi connectivity index (χ4v) is 4.30. The lowest BCUT2D eigenvalue weighted by Crippen LogP contribution is -2.51. The third kappa shape index (κ3) is 5.71. The molecule has 3 aromatic rings. The van der Waals surface area contributed by atoms with Crippen LogP contribution in [-0.2, 0) is 20.9 Å². The molecule has 1 heterocycles. The van der Waals surface area contributed by atoms with Gasteiger partial charge in [0.15, 0.2) is 0 Å². The van der Waals surface area contributed by atoms with Gasteiger partial charge in [0.05, 0.1) is 7.11 Å². The number of benzene rings is 3. The van der Waals surface area contributed by atoms with Crippen LogP contribution in [0.2, 0.25) is 0 Å². The zero-order chi connectivity index (χ0) is 24.8. The topological polar surface area (TPSA) is 97.0 Å². The molecule has 2 N–H and O–H groups in total. The van der Waals surface area contributed by atoms with Crippen molar-refractivity contribution in [3.8, 4) is 5.75 Å². The van der Waals surface area contributed by atoms with Crippen LogP contribution in [0.5, 0.6) is 5.75 Å². The molecule has 1 fully saturated rings. The minimum atomic E-state index is -0.826. The summed E-state index contributed by atoms with van der Waals surface area (Å²) in [6.45, 7) is 2.15. The second kappa shape index (κ2) is 10.9. The Morgan fingerprint density at radius 3 is 2.57 bits per heavy atom. The average Bonchev–Trinajstić information content (AvgIpc) is 3.37. The number of alkyl carbamates (subject to hydrolysis) is 1. The van der Waals surface area contributed by atoms with Gasteiger partial charge >= 0.3 is 6.09 Å². The maximum Gasteiger partial charge on any atom is 0.408 e. The summed E-state index contributed by atoms with van der Waals surface area (Å²) in [4.78, 5) is 39.9. The monoisotopic (exact) mass is 475 g/mol. The molecule has 8 heteroatoms. The van der Waals surface area contributed by atoms with E-state index in [4.69, 9.17) is 9.47 Å². The smallest absolute Gasteiger partial charge is 0.408 e. The Hall–Kier alpha value is -4.07. The first-order chi connectivity index (χ1) is 17.0. The van der Waals surface area contributed by atoms with Gasteiger partial charge in [0, 0.05) is 23.7 Å². The highest BCUT2D eigenvalue weighted by Crippen LogP contribution is 2.30. The number of carbonyl (C=O) groups is 3. The molecule has 2 atom stereocenters. The van der Waals surface area contributed by atoms with Gasteiger partial charge in [-0.1, -0.05) is 54.6 Å². The number of methoxy groups -OCH3 is 1. The summed E-state index contributed by atoms with van der Waals surface area (Å²) in [6, 6.07) is 19.2. The maximum absolute atomic E-state index is 13.1. The van der Waals surface area contributed by atoms with Gasteiger partial charge in [-0.15, -0.1) is 0 Å². The van der Waals surface area contributed by atoms with Crippen molar-refractivity contribution in [2.24, 2.45) is 0 Å². The van der Waals surface area contributed by atoms with Gasteiger partial charge in [-0.3, -0.25) is 9.59 Å². The van der Waals surface area contributed by atoms with Crippen molar-refractivity contribution in [1.29, 1.82) is 0 Å². The van der Waals surface area contributed by atoms with Gasteiger partial charge < -0.3 is 25.0 Å². The predicted molar refractivity (Wildman–Crippen MR) is 133 cm³/mol. The lowest BCUT2D eigenvalue weighted by Gasteiger charge is -2.27. The van der Waals surface area contributed by atoms with E-state index in [-0.39, 0.29) is 18.4 Å². The van der Waals surface area contributed by atoms with E-state index in [9.17, 15) is 14.4 Å². The van der Waals surface area contributed by atoms with E-state index < -0.39 is 18.2 Å². The molecule has 0 radical (unpaired) electrons. The first kappa shape index (κ1) is 24.1. The van der Waals surface area contributed by atoms with Crippen LogP contribution >= 0.6 is 0 Å². The van der Waals surface area contributed by atoms with Gasteiger partial charge in [0.1, 0.15) is 24.4 Å². The van der Waals surface area contributed by atoms with Crippen LogP contribution in [0.4, 0.5) is 10.5 Å². The SMILES string of the molecule is COc1cc(NC(=O)C2CCCN2C(=O)C(C)NC(=O)OCc2ccccc2)cc2ccccc12. The van der Waals surface area contributed by atoms with Gasteiger partial charge in [-0.25, -0.2) is 4.79 Å². The lowest BCUT2D eigenvalue weighted by molar-refractivity contribution is -0.138. The summed E-state index contributed by atoms with van der Waals surface area (Å²) >= 11 is 0. The number of hydrogen-bond acceptors (Lipinski definition) is 5. The van der Waals surface area contributed by atoms with Crippen LogP contribution in [0.15, 0.2) is 66.7 Å². The molecular formula is C27H29N3O5. The molecule has 0 bridgehead atoms. The van der Waals surface area contributed by atoms with Crippen molar-refractivity contribution < 1.29 is 23.9 Å². The molecule has 1 aliphatic heterocycles. The highest BCUT2D eigenvalue weighted by molar-refractivity contribution is 6.01. The minimum absolute atomic E-state index is 0.109. The van der Waals surface area contributed by atoms with Crippen molar-refractivity contribution in [1.82, 2.24) is 10.2 Å². The zero-order valence-corrected chi connectivity index (χ0v) is 19.8. The standard InChI is InChI=1S/C27H29N3O5/c1-18(28-27(33)35-17-19-9-4-3-5-10-19)26(32)30-14-8-13-23(30)25(31)29-21-15-20-11-6-7-12-22(20)24(16-21)34-2/h3-7,9-12,15-16,18,23H,8,13-14,17H2,1-2H3,(H,28,33)(H,29,31). The third-order valence-corrected chi connectivity index (χ3v) is 6.07. The Kier molecular flexibility index (Phi) is 7.50. The van der Waals surface area contributed by atoms with Crippen molar-refractivity contribution >= 4 is 34.4 Å². The predicted octanol–water partition coefficient (Wildman–Crippen LogP) is 4.09. The normalized spacial score (nSPS) is 15.9. The Labute approximate surface area is 204 Å². The van der Waals surface area contributed by atoms with Crippen LogP contribution in [0.25, 0.3) is 10.8 Å². The van der Waals surface area contributed by atoms with E-state index in [0.717, 1.165) is 16.3 Å². The Morgan fingerprint density at radius 1 is 1.06 bits per heavy atom. The molecule has 2 unspecified atom stereocenters. The molecule has 4 rings (SSSR count). The molecule has 3 amide bonds. The minimum Gasteiger partial charge on any atom is -0.496 e. The molecule has 1 aliphatic rings. The molecule has 0 aromatic heterocycles. The van der Waals surface area contributed by atoms with E-state index >= 15 is 0 Å². The first-order valence-corrected chi connectivity index (χ1v) is 11.6. The highest BCUT2D eigenvalue weighted by atomic mass is 16.5. The molecular weight excluding hydrogens is 446 g/mol. The molecule has 0 aliphatic carbocycles. The quantitative estimate of drug-likeness (QED) is 0.537. The second-order valence-corrected chi connectivity index (χ2v) is 8.51. The summed E-state index contributed by atoms with van der Waals surface area (Å²) in [6.07, 6.45) is 0.571. The molecule has 8 nitrogen and oxygen atoms in total. The molecule has 182 valence electrons. The summed E-state index contributed by atoms with van der Waals surface area (Å²) in [7, 11) is 1.59. The number of nitrogens with one attached hydrogen (secondary N) is 2. The molecule has 3 aromatic carbocycles. The number of rotatable bonds is 7. The zero-order valence-electron chi connectivity index (χ0n) is 19.8. The number of amides is 3. The van der Waals surface area contributed by atoms with E-state index in [2.05, 4.69) is 10.6 Å². The van der Waals surface area contributed by atoms with Crippen LogP contribution < -0.4 is 15.4 Å². The second-order valence-electron chi connectivity index (χ2n) is 8.51. The van der Waals surface area contributed by atoms with Crippen molar-refractivity contribution in [2.75, 3.05) is 19.0 Å². The number of ether oxygens (including phenoxy) is 2. The number of anilines is 1. The largest absolute Gasteiger partial charge is 0.496 e. The number of carbonyl (C=O) groups excluding carboxylic acids is 3. The molecule has 1 saturated heterocycles. The number of likely N-dealkylation sites (tertiary alicyclic amines) is 1. The highest BCUT2D eigenvalue weighted by Gasteiger charge is 2.36. The van der Waals surface area contributed by atoms with Gasteiger partial charge in [-0.2, -0.15) is 0 Å². The van der Waals surface area contributed by atoms with E-state index in [0.29, 0.717) is 30.8 Å². The Balaban J connectivity index is 1.37. The number of hydrogen-bond donors (Lipinski definition) is 2. The van der Waals surface area contributed by atoms with E-state index in [1.807, 2.05) is 60.7 Å². The van der Waals surface area contributed by atoms with Crippen molar-refractivity contribution in [3.05, 3.63) is 72.3 Å². The fraction of sp³-hybridized carbons (Fsp3) is 0.296. The van der Waals surface area contributed by atoms with Crippen molar-refractivity contribution in [2.45, 2.75) is 38.5 Å². The molecule has 0 saturated carbocycles. The lowest BCUT2D eigenvalue weighted by atomic mass is 10.1. The molecule has 0 spiro atoms. The van der Waals surface area contributed by atoms with Crippen LogP contribution in [-0.4, -0.2) is 48.5 Å². The molecule has 35 heavy (non-hydrogen) atoms. The summed E-state index contributed by atoms with van der Waals surface area (Å²) in [5.41, 5.74) is 1.45. The Morgan fingerprint density at radius 2 is 1.80 bits per heavy atom. The van der Waals surface area contributed by atoms with Gasteiger partial charge in [0.2, 0.25) is 11.8 Å². The third-order valence-electron chi connectivity index (χ3n) is 6.07. The number of fused-ring (bicyclic) bond motifs is 1. The van der Waals surface area contributed by atoms with Gasteiger partial charge in [0.25, 0.3) is 0 Å². The first-order valence-electron chi connectivity index (χ1n) is 11.6. The summed E-state index contributed by atoms with van der Waals surface area (Å²) < 4.78 is 10.7. The fourth-order valence-electron chi connectivity index (χ4n) is 4.30. The van der Waals surface area contributed by atoms with Gasteiger partial charge in [-0.05, 0) is 36.8 Å². The van der Waals surface area contributed by atoms with E-state index in [1.54, 1.807) is 20.1 Å².